The van der Waals surface area contributed by atoms with Gasteiger partial charge in [-0.3, -0.25) is 14.2 Å². The second kappa shape index (κ2) is 9.18. The predicted molar refractivity (Wildman–Crippen MR) is 136 cm³/mol. The van der Waals surface area contributed by atoms with Gasteiger partial charge in [0.1, 0.15) is 17.9 Å². The molecule has 4 aromatic rings. The number of amides is 1. The van der Waals surface area contributed by atoms with Gasteiger partial charge in [-0.15, -0.1) is 0 Å². The highest BCUT2D eigenvalue weighted by Crippen LogP contribution is 2.46. The van der Waals surface area contributed by atoms with Crippen molar-refractivity contribution in [2.75, 3.05) is 10.8 Å². The summed E-state index contributed by atoms with van der Waals surface area (Å²) >= 11 is 12.0. The SMILES string of the molecule is O=C(CN1c2c(-c3ccccc3)n[nH]c2-c2ccccc2S1(=O)=O)N/N=C/c1ccc(Cl)cc1Cl. The molecular formula is C24H17Cl2N5O3S. The minimum Gasteiger partial charge on any atom is -0.275 e. The van der Waals surface area contributed by atoms with Gasteiger partial charge in [-0.1, -0.05) is 77.8 Å². The maximum atomic E-state index is 13.6. The van der Waals surface area contributed by atoms with E-state index in [1.807, 2.05) is 30.3 Å². The third-order valence-electron chi connectivity index (χ3n) is 5.40. The van der Waals surface area contributed by atoms with Crippen molar-refractivity contribution in [3.05, 3.63) is 88.4 Å². The second-order valence-electron chi connectivity index (χ2n) is 7.63. The normalized spacial score (nSPS) is 13.9. The Morgan fingerprint density at radius 3 is 2.57 bits per heavy atom. The summed E-state index contributed by atoms with van der Waals surface area (Å²) in [6, 6.07) is 20.6. The van der Waals surface area contributed by atoms with Crippen molar-refractivity contribution < 1.29 is 13.2 Å². The van der Waals surface area contributed by atoms with E-state index < -0.39 is 22.5 Å². The van der Waals surface area contributed by atoms with E-state index in [-0.39, 0.29) is 4.90 Å². The van der Waals surface area contributed by atoms with Crippen LogP contribution in [0.1, 0.15) is 5.56 Å². The first kappa shape index (κ1) is 23.1. The Labute approximate surface area is 211 Å². The van der Waals surface area contributed by atoms with Crippen LogP contribution in [0.3, 0.4) is 0 Å². The average Bonchev–Trinajstić information content (AvgIpc) is 3.29. The largest absolute Gasteiger partial charge is 0.275 e. The number of fused-ring (bicyclic) bond motifs is 3. The molecule has 1 aliphatic rings. The summed E-state index contributed by atoms with van der Waals surface area (Å²) in [5, 5.41) is 12.1. The smallest absolute Gasteiger partial charge is 0.265 e. The fraction of sp³-hybridized carbons (Fsp3) is 0.0417. The molecule has 3 aromatic carbocycles. The molecule has 35 heavy (non-hydrogen) atoms. The van der Waals surface area contributed by atoms with Crippen molar-refractivity contribution in [2.24, 2.45) is 5.10 Å². The van der Waals surface area contributed by atoms with Gasteiger partial charge in [0.15, 0.2) is 0 Å². The molecule has 1 amide bonds. The van der Waals surface area contributed by atoms with Crippen LogP contribution in [0, 0.1) is 0 Å². The average molecular weight is 526 g/mol. The first-order valence-corrected chi connectivity index (χ1v) is 12.6. The lowest BCUT2D eigenvalue weighted by atomic mass is 10.1. The van der Waals surface area contributed by atoms with Crippen molar-refractivity contribution in [3.63, 3.8) is 0 Å². The molecule has 0 fully saturated rings. The van der Waals surface area contributed by atoms with E-state index in [0.29, 0.717) is 43.8 Å². The predicted octanol–water partition coefficient (Wildman–Crippen LogP) is 4.71. The molecule has 8 nitrogen and oxygen atoms in total. The van der Waals surface area contributed by atoms with Gasteiger partial charge in [0.2, 0.25) is 0 Å². The zero-order valence-corrected chi connectivity index (χ0v) is 20.3. The Bertz CT molecular complexity index is 1560. The Balaban J connectivity index is 1.50. The summed E-state index contributed by atoms with van der Waals surface area (Å²) in [5.74, 6) is -0.638. The van der Waals surface area contributed by atoms with Crippen LogP contribution in [0.5, 0.6) is 0 Å². The Morgan fingerprint density at radius 2 is 1.80 bits per heavy atom. The standard InChI is InChI=1S/C24H17Cl2N5O3S/c25-17-11-10-16(19(26)12-17)13-27-28-21(32)14-31-24-22(15-6-2-1-3-7-15)29-30-23(24)18-8-4-5-9-20(18)35(31,33)34/h1-13H,14H2,(H,28,32)(H,29,30)/b27-13+. The van der Waals surface area contributed by atoms with E-state index in [9.17, 15) is 13.2 Å². The van der Waals surface area contributed by atoms with Crippen LogP contribution in [-0.2, 0) is 14.8 Å². The minimum absolute atomic E-state index is 0.0833. The Kier molecular flexibility index (Phi) is 6.06. The number of hydrazone groups is 1. The quantitative estimate of drug-likeness (QED) is 0.290. The molecular weight excluding hydrogens is 509 g/mol. The number of halogens is 2. The molecule has 0 radical (unpaired) electrons. The number of anilines is 1. The third-order valence-corrected chi connectivity index (χ3v) is 7.77. The van der Waals surface area contributed by atoms with Gasteiger partial charge in [-0.2, -0.15) is 10.2 Å². The number of hydrogen-bond donors (Lipinski definition) is 2. The molecule has 11 heteroatoms. The van der Waals surface area contributed by atoms with Gasteiger partial charge in [-0.05, 0) is 18.2 Å². The minimum atomic E-state index is -4.06. The second-order valence-corrected chi connectivity index (χ2v) is 10.3. The van der Waals surface area contributed by atoms with Crippen LogP contribution in [0.15, 0.2) is 82.8 Å². The molecule has 0 spiro atoms. The van der Waals surface area contributed by atoms with Crippen LogP contribution >= 0.6 is 23.2 Å². The molecule has 0 bridgehead atoms. The monoisotopic (exact) mass is 525 g/mol. The fourth-order valence-corrected chi connectivity index (χ4v) is 5.91. The molecule has 0 saturated heterocycles. The van der Waals surface area contributed by atoms with Crippen molar-refractivity contribution >= 4 is 51.0 Å². The zero-order valence-electron chi connectivity index (χ0n) is 17.9. The molecule has 0 atom stereocenters. The van der Waals surface area contributed by atoms with E-state index in [1.54, 1.807) is 36.4 Å². The molecule has 0 saturated carbocycles. The first-order valence-electron chi connectivity index (χ1n) is 10.4. The maximum absolute atomic E-state index is 13.6. The summed E-state index contributed by atoms with van der Waals surface area (Å²) in [6.45, 7) is -0.505. The highest BCUT2D eigenvalue weighted by atomic mass is 35.5. The van der Waals surface area contributed by atoms with Crippen LogP contribution in [0.4, 0.5) is 5.69 Å². The number of rotatable bonds is 5. The van der Waals surface area contributed by atoms with E-state index in [2.05, 4.69) is 20.7 Å². The number of nitrogens with zero attached hydrogens (tertiary/aromatic N) is 3. The number of aromatic nitrogens is 2. The number of carbonyl (C=O) groups is 1. The van der Waals surface area contributed by atoms with Crippen molar-refractivity contribution in [3.8, 4) is 22.5 Å². The first-order chi connectivity index (χ1) is 16.9. The number of sulfonamides is 1. The van der Waals surface area contributed by atoms with Crippen molar-refractivity contribution in [1.29, 1.82) is 0 Å². The summed E-state index contributed by atoms with van der Waals surface area (Å²) in [5.41, 5.74) is 5.34. The lowest BCUT2D eigenvalue weighted by Gasteiger charge is -2.29. The number of aromatic amines is 1. The van der Waals surface area contributed by atoms with Crippen LogP contribution in [0.25, 0.3) is 22.5 Å². The van der Waals surface area contributed by atoms with E-state index in [1.165, 1.54) is 12.3 Å². The van der Waals surface area contributed by atoms with Crippen LogP contribution in [0.2, 0.25) is 10.0 Å². The van der Waals surface area contributed by atoms with Gasteiger partial charge in [-0.25, -0.2) is 13.8 Å². The zero-order chi connectivity index (χ0) is 24.6. The van der Waals surface area contributed by atoms with E-state index >= 15 is 0 Å². The molecule has 2 N–H and O–H groups in total. The highest BCUT2D eigenvalue weighted by molar-refractivity contribution is 7.93. The topological polar surface area (TPSA) is 108 Å². The number of hydrogen-bond acceptors (Lipinski definition) is 5. The van der Waals surface area contributed by atoms with Crippen LogP contribution in [-0.4, -0.2) is 37.3 Å². The van der Waals surface area contributed by atoms with E-state index in [0.717, 1.165) is 4.31 Å². The molecule has 5 rings (SSSR count). The van der Waals surface area contributed by atoms with Crippen molar-refractivity contribution in [1.82, 2.24) is 15.6 Å². The number of nitrogens with one attached hydrogen (secondary N) is 2. The molecule has 176 valence electrons. The molecule has 1 aromatic heterocycles. The number of carbonyl (C=O) groups excluding carboxylic acids is 1. The van der Waals surface area contributed by atoms with Gasteiger partial charge in [0, 0.05) is 21.7 Å². The maximum Gasteiger partial charge on any atom is 0.265 e. The fourth-order valence-electron chi connectivity index (χ4n) is 3.81. The molecule has 0 unspecified atom stereocenters. The van der Waals surface area contributed by atoms with Crippen LogP contribution < -0.4 is 9.73 Å². The Morgan fingerprint density at radius 1 is 1.06 bits per heavy atom. The molecule has 2 heterocycles. The van der Waals surface area contributed by atoms with Gasteiger partial charge in [0.05, 0.1) is 21.8 Å². The summed E-state index contributed by atoms with van der Waals surface area (Å²) in [7, 11) is -4.06. The van der Waals surface area contributed by atoms with Gasteiger partial charge >= 0.3 is 0 Å². The molecule has 1 aliphatic heterocycles. The lowest BCUT2D eigenvalue weighted by Crippen LogP contribution is -2.41. The van der Waals surface area contributed by atoms with Crippen molar-refractivity contribution in [2.45, 2.75) is 4.90 Å². The van der Waals surface area contributed by atoms with Gasteiger partial charge < -0.3 is 0 Å². The summed E-state index contributed by atoms with van der Waals surface area (Å²) < 4.78 is 28.2. The highest BCUT2D eigenvalue weighted by Gasteiger charge is 2.39. The van der Waals surface area contributed by atoms with E-state index in [4.69, 9.17) is 23.2 Å². The summed E-state index contributed by atoms with van der Waals surface area (Å²) in [4.78, 5) is 12.9. The third kappa shape index (κ3) is 4.29. The summed E-state index contributed by atoms with van der Waals surface area (Å²) in [6.07, 6.45) is 1.36. The van der Waals surface area contributed by atoms with Gasteiger partial charge in [0.25, 0.3) is 15.9 Å². The molecule has 0 aliphatic carbocycles. The Hall–Kier alpha value is -3.66. The number of H-pyrrole nitrogens is 1. The lowest BCUT2D eigenvalue weighted by molar-refractivity contribution is -0.119. The number of benzene rings is 3.